The highest BCUT2D eigenvalue weighted by Gasteiger charge is 2.00. The highest BCUT2D eigenvalue weighted by molar-refractivity contribution is 6.30. The lowest BCUT2D eigenvalue weighted by molar-refractivity contribution is 1.10. The van der Waals surface area contributed by atoms with Crippen molar-refractivity contribution in [1.82, 2.24) is 4.98 Å². The molecule has 88 valence electrons. The van der Waals surface area contributed by atoms with E-state index in [1.165, 1.54) is 10.9 Å². The Kier molecular flexibility index (Phi) is 2.99. The molecule has 0 saturated carbocycles. The van der Waals surface area contributed by atoms with Gasteiger partial charge in [-0.2, -0.15) is 0 Å². The van der Waals surface area contributed by atoms with Gasteiger partial charge in [0.1, 0.15) is 0 Å². The zero-order valence-electron chi connectivity index (χ0n) is 9.81. The second kappa shape index (κ2) is 4.79. The van der Waals surface area contributed by atoms with Crippen LogP contribution in [0.1, 0.15) is 11.3 Å². The molecule has 0 amide bonds. The van der Waals surface area contributed by atoms with Gasteiger partial charge in [-0.1, -0.05) is 48.0 Å². The number of hydrogen-bond donors (Lipinski definition) is 0. The van der Waals surface area contributed by atoms with Crippen LogP contribution in [-0.2, 0) is 6.42 Å². The summed E-state index contributed by atoms with van der Waals surface area (Å²) < 4.78 is 0. The molecule has 2 aromatic carbocycles. The van der Waals surface area contributed by atoms with E-state index >= 15 is 0 Å². The van der Waals surface area contributed by atoms with Crippen molar-refractivity contribution >= 4 is 22.5 Å². The number of benzene rings is 2. The van der Waals surface area contributed by atoms with Crippen molar-refractivity contribution in [2.24, 2.45) is 0 Å². The monoisotopic (exact) mass is 253 g/mol. The maximum Gasteiger partial charge on any atom is 0.0705 e. The van der Waals surface area contributed by atoms with Crippen LogP contribution in [0.4, 0.5) is 0 Å². The fourth-order valence-corrected chi connectivity index (χ4v) is 2.14. The summed E-state index contributed by atoms with van der Waals surface area (Å²) in [7, 11) is 0. The van der Waals surface area contributed by atoms with Crippen molar-refractivity contribution in [2.75, 3.05) is 0 Å². The normalized spacial score (nSPS) is 10.7. The molecule has 0 aliphatic heterocycles. The van der Waals surface area contributed by atoms with Gasteiger partial charge in [-0.05, 0) is 29.8 Å². The molecular weight excluding hydrogens is 242 g/mol. The van der Waals surface area contributed by atoms with Gasteiger partial charge in [0.25, 0.3) is 0 Å². The summed E-state index contributed by atoms with van der Waals surface area (Å²) in [5.41, 5.74) is 3.35. The van der Waals surface area contributed by atoms with Crippen molar-refractivity contribution in [3.63, 3.8) is 0 Å². The molecule has 0 spiro atoms. The van der Waals surface area contributed by atoms with Crippen molar-refractivity contribution in [1.29, 1.82) is 0 Å². The fourth-order valence-electron chi connectivity index (χ4n) is 2.02. The summed E-state index contributed by atoms with van der Waals surface area (Å²) in [6.07, 6.45) is 0.835. The van der Waals surface area contributed by atoms with Gasteiger partial charge in [0.05, 0.1) is 5.52 Å². The van der Waals surface area contributed by atoms with Gasteiger partial charge in [-0.25, -0.2) is 0 Å². The molecular formula is C16H12ClN. The van der Waals surface area contributed by atoms with E-state index < -0.39 is 0 Å². The van der Waals surface area contributed by atoms with E-state index in [0.29, 0.717) is 0 Å². The predicted molar refractivity (Wildman–Crippen MR) is 76.0 cm³/mol. The van der Waals surface area contributed by atoms with E-state index in [4.69, 9.17) is 11.6 Å². The highest BCUT2D eigenvalue weighted by Crippen LogP contribution is 2.16. The standard InChI is InChI=1S/C16H12ClN/c17-14-8-5-12(6-9-14)11-15-10-7-13-3-1-2-4-16(13)18-15/h1-10H,11H2. The molecule has 1 aromatic heterocycles. The van der Waals surface area contributed by atoms with Gasteiger partial charge in [0.2, 0.25) is 0 Å². The Morgan fingerprint density at radius 1 is 0.833 bits per heavy atom. The molecule has 1 heterocycles. The molecule has 1 nitrogen and oxygen atoms in total. The summed E-state index contributed by atoms with van der Waals surface area (Å²) in [6.45, 7) is 0. The van der Waals surface area contributed by atoms with Gasteiger partial charge in [0, 0.05) is 22.5 Å². The minimum Gasteiger partial charge on any atom is -0.252 e. The summed E-state index contributed by atoms with van der Waals surface area (Å²) >= 11 is 5.88. The summed E-state index contributed by atoms with van der Waals surface area (Å²) in [6, 6.07) is 20.3. The Morgan fingerprint density at radius 2 is 1.61 bits per heavy atom. The minimum atomic E-state index is 0.769. The molecule has 0 fully saturated rings. The lowest BCUT2D eigenvalue weighted by Gasteiger charge is -2.03. The largest absolute Gasteiger partial charge is 0.252 e. The number of aromatic nitrogens is 1. The summed E-state index contributed by atoms with van der Waals surface area (Å²) in [5.74, 6) is 0. The molecule has 3 aromatic rings. The van der Waals surface area contributed by atoms with Crippen LogP contribution in [0, 0.1) is 0 Å². The van der Waals surface area contributed by atoms with Gasteiger partial charge in [0.15, 0.2) is 0 Å². The second-order valence-electron chi connectivity index (χ2n) is 4.30. The number of para-hydroxylation sites is 1. The van der Waals surface area contributed by atoms with Crippen LogP contribution < -0.4 is 0 Å². The average Bonchev–Trinajstić information content (AvgIpc) is 2.41. The third-order valence-corrected chi connectivity index (χ3v) is 3.21. The molecule has 2 heteroatoms. The third kappa shape index (κ3) is 2.36. The first-order valence-electron chi connectivity index (χ1n) is 5.90. The predicted octanol–water partition coefficient (Wildman–Crippen LogP) is 4.48. The minimum absolute atomic E-state index is 0.769. The SMILES string of the molecule is Clc1ccc(Cc2ccc3ccccc3n2)cc1. The van der Waals surface area contributed by atoms with Crippen molar-refractivity contribution in [3.05, 3.63) is 76.9 Å². The van der Waals surface area contributed by atoms with Crippen molar-refractivity contribution < 1.29 is 0 Å². The van der Waals surface area contributed by atoms with Crippen LogP contribution in [0.3, 0.4) is 0 Å². The van der Waals surface area contributed by atoms with Gasteiger partial charge < -0.3 is 0 Å². The Hall–Kier alpha value is -1.86. The molecule has 0 atom stereocenters. The van der Waals surface area contributed by atoms with E-state index in [-0.39, 0.29) is 0 Å². The second-order valence-corrected chi connectivity index (χ2v) is 4.73. The quantitative estimate of drug-likeness (QED) is 0.656. The first-order valence-corrected chi connectivity index (χ1v) is 6.28. The Bertz CT molecular complexity index is 674. The lowest BCUT2D eigenvalue weighted by Crippen LogP contribution is -1.92. The van der Waals surface area contributed by atoms with Crippen molar-refractivity contribution in [3.8, 4) is 0 Å². The zero-order chi connectivity index (χ0) is 12.4. The van der Waals surface area contributed by atoms with Crippen LogP contribution in [0.5, 0.6) is 0 Å². The van der Waals surface area contributed by atoms with Crippen molar-refractivity contribution in [2.45, 2.75) is 6.42 Å². The highest BCUT2D eigenvalue weighted by atomic mass is 35.5. The van der Waals surface area contributed by atoms with Crippen LogP contribution >= 0.6 is 11.6 Å². The first-order chi connectivity index (χ1) is 8.81. The molecule has 3 rings (SSSR count). The zero-order valence-corrected chi connectivity index (χ0v) is 10.6. The lowest BCUT2D eigenvalue weighted by atomic mass is 10.1. The third-order valence-electron chi connectivity index (χ3n) is 2.95. The molecule has 0 radical (unpaired) electrons. The fraction of sp³-hybridized carbons (Fsp3) is 0.0625. The molecule has 0 N–H and O–H groups in total. The van der Waals surface area contributed by atoms with Crippen LogP contribution in [0.2, 0.25) is 5.02 Å². The molecule has 0 bridgehead atoms. The van der Waals surface area contributed by atoms with E-state index in [2.05, 4.69) is 23.2 Å². The number of rotatable bonds is 2. The molecule has 0 unspecified atom stereocenters. The number of fused-ring (bicyclic) bond motifs is 1. The topological polar surface area (TPSA) is 12.9 Å². The van der Waals surface area contributed by atoms with E-state index in [1.54, 1.807) is 0 Å². The van der Waals surface area contributed by atoms with Gasteiger partial charge in [-0.3, -0.25) is 4.98 Å². The van der Waals surface area contributed by atoms with Crippen LogP contribution in [-0.4, -0.2) is 4.98 Å². The smallest absolute Gasteiger partial charge is 0.0705 e. The molecule has 18 heavy (non-hydrogen) atoms. The van der Waals surface area contributed by atoms with Crippen LogP contribution in [0.15, 0.2) is 60.7 Å². The molecule has 0 aliphatic carbocycles. The van der Waals surface area contributed by atoms with E-state index in [9.17, 15) is 0 Å². The Morgan fingerprint density at radius 3 is 2.44 bits per heavy atom. The maximum atomic E-state index is 5.88. The van der Waals surface area contributed by atoms with Gasteiger partial charge in [-0.15, -0.1) is 0 Å². The summed E-state index contributed by atoms with van der Waals surface area (Å²) in [5, 5.41) is 1.95. The summed E-state index contributed by atoms with van der Waals surface area (Å²) in [4.78, 5) is 4.66. The number of pyridine rings is 1. The number of hydrogen-bond acceptors (Lipinski definition) is 1. The Labute approximate surface area is 111 Å². The molecule has 0 saturated heterocycles. The van der Waals surface area contributed by atoms with Crippen LogP contribution in [0.25, 0.3) is 10.9 Å². The average molecular weight is 254 g/mol. The number of halogens is 1. The molecule has 0 aliphatic rings. The maximum absolute atomic E-state index is 5.88. The van der Waals surface area contributed by atoms with E-state index in [0.717, 1.165) is 22.7 Å². The Balaban J connectivity index is 1.92. The van der Waals surface area contributed by atoms with Gasteiger partial charge >= 0.3 is 0 Å². The number of nitrogens with zero attached hydrogens (tertiary/aromatic N) is 1. The van der Waals surface area contributed by atoms with E-state index in [1.807, 2.05) is 42.5 Å². The first kappa shape index (κ1) is 11.2.